The smallest absolute Gasteiger partial charge is 0.222 e. The molecule has 0 fully saturated rings. The summed E-state index contributed by atoms with van der Waals surface area (Å²) >= 11 is 0. The molecule has 0 aromatic carbocycles. The SMILES string of the molecule is CCC(=O)N(C)CCCCCCC(C)C. The average molecular weight is 213 g/mol. The summed E-state index contributed by atoms with van der Waals surface area (Å²) < 4.78 is 0. The molecule has 0 aliphatic heterocycles. The van der Waals surface area contributed by atoms with Gasteiger partial charge in [-0.05, 0) is 12.3 Å². The molecule has 0 aromatic rings. The summed E-state index contributed by atoms with van der Waals surface area (Å²) in [6.07, 6.45) is 7.03. The molecule has 0 aliphatic rings. The van der Waals surface area contributed by atoms with Gasteiger partial charge >= 0.3 is 0 Å². The Morgan fingerprint density at radius 3 is 2.27 bits per heavy atom. The molecule has 0 spiro atoms. The first kappa shape index (κ1) is 14.5. The van der Waals surface area contributed by atoms with Crippen LogP contribution in [0.1, 0.15) is 59.3 Å². The zero-order chi connectivity index (χ0) is 11.7. The van der Waals surface area contributed by atoms with Gasteiger partial charge in [0.15, 0.2) is 0 Å². The maximum Gasteiger partial charge on any atom is 0.222 e. The van der Waals surface area contributed by atoms with Gasteiger partial charge in [0.25, 0.3) is 0 Å². The fourth-order valence-electron chi connectivity index (χ4n) is 1.65. The van der Waals surface area contributed by atoms with Gasteiger partial charge < -0.3 is 4.90 Å². The molecule has 90 valence electrons. The predicted molar refractivity (Wildman–Crippen MR) is 65.9 cm³/mol. The van der Waals surface area contributed by atoms with Crippen LogP contribution in [0.15, 0.2) is 0 Å². The van der Waals surface area contributed by atoms with Crippen molar-refractivity contribution in [3.8, 4) is 0 Å². The molecule has 15 heavy (non-hydrogen) atoms. The van der Waals surface area contributed by atoms with Crippen LogP contribution in [-0.4, -0.2) is 24.4 Å². The molecule has 0 rings (SSSR count). The average Bonchev–Trinajstić information content (AvgIpc) is 2.21. The van der Waals surface area contributed by atoms with Crippen LogP contribution in [-0.2, 0) is 4.79 Å². The number of hydrogen-bond acceptors (Lipinski definition) is 1. The highest BCUT2D eigenvalue weighted by atomic mass is 16.2. The Kier molecular flexibility index (Phi) is 8.44. The molecule has 2 heteroatoms. The van der Waals surface area contributed by atoms with Crippen molar-refractivity contribution >= 4 is 5.91 Å². The molecule has 0 atom stereocenters. The monoisotopic (exact) mass is 213 g/mol. The van der Waals surface area contributed by atoms with Gasteiger partial charge in [0.05, 0.1) is 0 Å². The lowest BCUT2D eigenvalue weighted by atomic mass is 10.0. The van der Waals surface area contributed by atoms with Gasteiger partial charge in [0.2, 0.25) is 5.91 Å². The minimum absolute atomic E-state index is 0.261. The summed E-state index contributed by atoms with van der Waals surface area (Å²) in [4.78, 5) is 13.1. The Hall–Kier alpha value is -0.530. The number of unbranched alkanes of at least 4 members (excludes halogenated alkanes) is 3. The van der Waals surface area contributed by atoms with Gasteiger partial charge in [-0.1, -0.05) is 46.5 Å². The van der Waals surface area contributed by atoms with E-state index in [-0.39, 0.29) is 5.91 Å². The molecule has 0 saturated carbocycles. The van der Waals surface area contributed by atoms with E-state index in [1.807, 2.05) is 18.9 Å². The first-order valence-corrected chi connectivity index (χ1v) is 6.31. The molecule has 0 bridgehead atoms. The standard InChI is InChI=1S/C13H27NO/c1-5-13(15)14(4)11-9-7-6-8-10-12(2)3/h12H,5-11H2,1-4H3. The van der Waals surface area contributed by atoms with Crippen molar-refractivity contribution in [3.05, 3.63) is 0 Å². The molecule has 0 heterocycles. The molecule has 2 nitrogen and oxygen atoms in total. The van der Waals surface area contributed by atoms with Crippen molar-refractivity contribution in [2.75, 3.05) is 13.6 Å². The Labute approximate surface area is 95.0 Å². The van der Waals surface area contributed by atoms with Crippen molar-refractivity contribution < 1.29 is 4.79 Å². The normalized spacial score (nSPS) is 10.7. The lowest BCUT2D eigenvalue weighted by Crippen LogP contribution is -2.26. The molecule has 1 amide bonds. The zero-order valence-corrected chi connectivity index (χ0v) is 10.9. The van der Waals surface area contributed by atoms with Crippen LogP contribution in [0, 0.1) is 5.92 Å². The van der Waals surface area contributed by atoms with Crippen molar-refractivity contribution in [1.29, 1.82) is 0 Å². The van der Waals surface area contributed by atoms with Crippen molar-refractivity contribution in [2.45, 2.75) is 59.3 Å². The van der Waals surface area contributed by atoms with Gasteiger partial charge in [0, 0.05) is 20.0 Å². The summed E-state index contributed by atoms with van der Waals surface area (Å²) in [6, 6.07) is 0. The van der Waals surface area contributed by atoms with E-state index >= 15 is 0 Å². The fraction of sp³-hybridized carbons (Fsp3) is 0.923. The van der Waals surface area contributed by atoms with Crippen molar-refractivity contribution in [2.24, 2.45) is 5.92 Å². The summed E-state index contributed by atoms with van der Waals surface area (Å²) in [5, 5.41) is 0. The van der Waals surface area contributed by atoms with Crippen LogP contribution in [0.4, 0.5) is 0 Å². The Morgan fingerprint density at radius 2 is 1.73 bits per heavy atom. The van der Waals surface area contributed by atoms with Gasteiger partial charge in [-0.3, -0.25) is 4.79 Å². The van der Waals surface area contributed by atoms with E-state index in [0.717, 1.165) is 18.9 Å². The third-order valence-electron chi connectivity index (χ3n) is 2.75. The number of amides is 1. The molecular weight excluding hydrogens is 186 g/mol. The molecule has 0 aromatic heterocycles. The summed E-state index contributed by atoms with van der Waals surface area (Å²) in [6.45, 7) is 7.39. The summed E-state index contributed by atoms with van der Waals surface area (Å²) in [5.74, 6) is 1.09. The Morgan fingerprint density at radius 1 is 1.13 bits per heavy atom. The summed E-state index contributed by atoms with van der Waals surface area (Å²) in [7, 11) is 1.90. The molecule has 0 N–H and O–H groups in total. The Bertz CT molecular complexity index is 166. The van der Waals surface area contributed by atoms with Crippen LogP contribution < -0.4 is 0 Å². The van der Waals surface area contributed by atoms with Crippen LogP contribution in [0.3, 0.4) is 0 Å². The molecule has 0 aliphatic carbocycles. The highest BCUT2D eigenvalue weighted by Gasteiger charge is 2.04. The summed E-state index contributed by atoms with van der Waals surface area (Å²) in [5.41, 5.74) is 0. The Balaban J connectivity index is 3.27. The van der Waals surface area contributed by atoms with Crippen LogP contribution in [0.5, 0.6) is 0 Å². The minimum Gasteiger partial charge on any atom is -0.346 e. The first-order chi connectivity index (χ1) is 7.07. The van der Waals surface area contributed by atoms with E-state index in [1.165, 1.54) is 25.7 Å². The molecule has 0 saturated heterocycles. The lowest BCUT2D eigenvalue weighted by Gasteiger charge is -2.15. The molecule has 0 unspecified atom stereocenters. The van der Waals surface area contributed by atoms with Gasteiger partial charge in [-0.25, -0.2) is 0 Å². The van der Waals surface area contributed by atoms with E-state index < -0.39 is 0 Å². The third-order valence-corrected chi connectivity index (χ3v) is 2.75. The number of carbonyl (C=O) groups is 1. The van der Waals surface area contributed by atoms with E-state index in [2.05, 4.69) is 13.8 Å². The lowest BCUT2D eigenvalue weighted by molar-refractivity contribution is -0.129. The topological polar surface area (TPSA) is 20.3 Å². The largest absolute Gasteiger partial charge is 0.346 e. The van der Waals surface area contributed by atoms with E-state index in [4.69, 9.17) is 0 Å². The fourth-order valence-corrected chi connectivity index (χ4v) is 1.65. The number of nitrogens with zero attached hydrogens (tertiary/aromatic N) is 1. The van der Waals surface area contributed by atoms with E-state index in [1.54, 1.807) is 0 Å². The number of rotatable bonds is 8. The number of hydrogen-bond donors (Lipinski definition) is 0. The first-order valence-electron chi connectivity index (χ1n) is 6.31. The van der Waals surface area contributed by atoms with E-state index in [0.29, 0.717) is 6.42 Å². The maximum atomic E-state index is 11.2. The number of carbonyl (C=O) groups excluding carboxylic acids is 1. The maximum absolute atomic E-state index is 11.2. The van der Waals surface area contributed by atoms with Crippen LogP contribution in [0.2, 0.25) is 0 Å². The second kappa shape index (κ2) is 8.75. The van der Waals surface area contributed by atoms with Crippen molar-refractivity contribution in [3.63, 3.8) is 0 Å². The second-order valence-corrected chi connectivity index (χ2v) is 4.77. The van der Waals surface area contributed by atoms with Gasteiger partial charge in [-0.2, -0.15) is 0 Å². The zero-order valence-electron chi connectivity index (χ0n) is 10.9. The molecular formula is C13H27NO. The highest BCUT2D eigenvalue weighted by Crippen LogP contribution is 2.09. The molecule has 0 radical (unpaired) electrons. The van der Waals surface area contributed by atoms with Crippen LogP contribution in [0.25, 0.3) is 0 Å². The third kappa shape index (κ3) is 8.46. The van der Waals surface area contributed by atoms with E-state index in [9.17, 15) is 4.79 Å². The van der Waals surface area contributed by atoms with Crippen molar-refractivity contribution in [1.82, 2.24) is 4.90 Å². The van der Waals surface area contributed by atoms with Gasteiger partial charge in [0.1, 0.15) is 0 Å². The van der Waals surface area contributed by atoms with Gasteiger partial charge in [-0.15, -0.1) is 0 Å². The predicted octanol–water partition coefficient (Wildman–Crippen LogP) is 3.46. The second-order valence-electron chi connectivity index (χ2n) is 4.77. The quantitative estimate of drug-likeness (QED) is 0.565. The minimum atomic E-state index is 0.261. The van der Waals surface area contributed by atoms with Crippen LogP contribution >= 0.6 is 0 Å². The highest BCUT2D eigenvalue weighted by molar-refractivity contribution is 5.75.